The number of carbonyl (C=O) groups excluding carboxylic acids is 1. The monoisotopic (exact) mass is 264 g/mol. The van der Waals surface area contributed by atoms with E-state index < -0.39 is 5.82 Å². The number of hydrogen-bond acceptors (Lipinski definition) is 3. The van der Waals surface area contributed by atoms with Crippen molar-refractivity contribution in [3.05, 3.63) is 29.6 Å². The minimum atomic E-state index is -0.411. The summed E-state index contributed by atoms with van der Waals surface area (Å²) >= 11 is 0. The Balaban J connectivity index is 2.74. The molecule has 1 atom stereocenters. The largest absolute Gasteiger partial charge is 0.483 e. The van der Waals surface area contributed by atoms with Gasteiger partial charge in [-0.05, 0) is 20.0 Å². The molecule has 1 rings (SSSR count). The van der Waals surface area contributed by atoms with Gasteiger partial charge in [0.2, 0.25) is 0 Å². The summed E-state index contributed by atoms with van der Waals surface area (Å²) in [5.74, 6) is 1.88. The molecular weight excluding hydrogens is 247 g/mol. The molecule has 19 heavy (non-hydrogen) atoms. The van der Waals surface area contributed by atoms with E-state index in [2.05, 4.69) is 16.6 Å². The third-order valence-electron chi connectivity index (χ3n) is 2.62. The lowest BCUT2D eigenvalue weighted by Gasteiger charge is -2.16. The Hall–Kier alpha value is -2.06. The molecule has 4 nitrogen and oxygen atoms in total. The number of ether oxygens (including phenoxy) is 1. The number of amides is 1. The van der Waals surface area contributed by atoms with Crippen molar-refractivity contribution < 1.29 is 13.9 Å². The van der Waals surface area contributed by atoms with Crippen molar-refractivity contribution in [3.8, 4) is 18.1 Å². The van der Waals surface area contributed by atoms with Gasteiger partial charge >= 0.3 is 0 Å². The van der Waals surface area contributed by atoms with Crippen LogP contribution in [0.15, 0.2) is 18.2 Å². The predicted molar refractivity (Wildman–Crippen MR) is 71.2 cm³/mol. The molecule has 2 N–H and O–H groups in total. The Kier molecular flexibility index (Phi) is 5.83. The fraction of sp³-hybridized carbons (Fsp3) is 0.357. The Labute approximate surface area is 112 Å². The highest BCUT2D eigenvalue weighted by atomic mass is 19.1. The van der Waals surface area contributed by atoms with Gasteiger partial charge in [0.1, 0.15) is 11.6 Å². The zero-order chi connectivity index (χ0) is 14.3. The second-order valence-corrected chi connectivity index (χ2v) is 3.96. The first kappa shape index (κ1) is 15.0. The summed E-state index contributed by atoms with van der Waals surface area (Å²) in [5, 5.41) is 5.50. The fourth-order valence-corrected chi connectivity index (χ4v) is 1.49. The fourth-order valence-electron chi connectivity index (χ4n) is 1.49. The first-order chi connectivity index (χ1) is 9.08. The molecule has 1 aromatic carbocycles. The molecule has 5 heteroatoms. The van der Waals surface area contributed by atoms with Gasteiger partial charge < -0.3 is 15.4 Å². The van der Waals surface area contributed by atoms with Gasteiger partial charge in [0.05, 0.1) is 6.54 Å². The van der Waals surface area contributed by atoms with Crippen molar-refractivity contribution in [1.29, 1.82) is 0 Å². The molecule has 1 amide bonds. The van der Waals surface area contributed by atoms with Crippen LogP contribution in [0.25, 0.3) is 0 Å². The van der Waals surface area contributed by atoms with E-state index in [1.807, 2.05) is 6.92 Å². The summed E-state index contributed by atoms with van der Waals surface area (Å²) in [5.41, 5.74) is 0.786. The van der Waals surface area contributed by atoms with Crippen LogP contribution in [0.2, 0.25) is 0 Å². The number of nitrogens with one attached hydrogen (secondary N) is 2. The molecule has 0 heterocycles. The number of benzene rings is 1. The maximum Gasteiger partial charge on any atom is 0.258 e. The third-order valence-corrected chi connectivity index (χ3v) is 2.62. The van der Waals surface area contributed by atoms with Crippen LogP contribution in [0.1, 0.15) is 18.5 Å². The third kappa shape index (κ3) is 4.60. The topological polar surface area (TPSA) is 50.4 Å². The Morgan fingerprint density at radius 3 is 2.95 bits per heavy atom. The Morgan fingerprint density at radius 2 is 2.32 bits per heavy atom. The maximum absolute atomic E-state index is 13.2. The van der Waals surface area contributed by atoms with E-state index in [1.54, 1.807) is 13.1 Å². The normalized spacial score (nSPS) is 11.5. The van der Waals surface area contributed by atoms with Crippen molar-refractivity contribution >= 4 is 5.91 Å². The first-order valence-electron chi connectivity index (χ1n) is 5.88. The van der Waals surface area contributed by atoms with Crippen molar-refractivity contribution in [2.75, 3.05) is 20.2 Å². The molecule has 0 aromatic heterocycles. The summed E-state index contributed by atoms with van der Waals surface area (Å²) in [4.78, 5) is 11.4. The van der Waals surface area contributed by atoms with Gasteiger partial charge in [-0.25, -0.2) is 4.39 Å². The predicted octanol–water partition coefficient (Wildman–Crippen LogP) is 1.23. The maximum atomic E-state index is 13.2. The van der Waals surface area contributed by atoms with E-state index in [0.717, 1.165) is 5.56 Å². The van der Waals surface area contributed by atoms with Crippen LogP contribution >= 0.6 is 0 Å². The van der Waals surface area contributed by atoms with Crippen LogP contribution in [0.5, 0.6) is 5.75 Å². The molecule has 102 valence electrons. The summed E-state index contributed by atoms with van der Waals surface area (Å²) in [6.07, 6.45) is 5.02. The molecule has 0 saturated carbocycles. The standard InChI is InChI=1S/C14H17FN2O2/c1-4-7-17-14(18)9-19-13-8-11(15)5-6-12(13)10(2)16-3/h1,5-6,8,10,16H,7,9H2,2-3H3,(H,17,18). The minimum absolute atomic E-state index is 0.00984. The summed E-state index contributed by atoms with van der Waals surface area (Å²) in [6, 6.07) is 4.24. The Morgan fingerprint density at radius 1 is 1.58 bits per heavy atom. The van der Waals surface area contributed by atoms with E-state index in [1.165, 1.54) is 12.1 Å². The summed E-state index contributed by atoms with van der Waals surface area (Å²) in [6.45, 7) is 1.86. The molecule has 0 fully saturated rings. The second-order valence-electron chi connectivity index (χ2n) is 3.96. The van der Waals surface area contributed by atoms with Gasteiger partial charge in [-0.3, -0.25) is 4.79 Å². The van der Waals surface area contributed by atoms with Crippen LogP contribution in [-0.2, 0) is 4.79 Å². The Bertz CT molecular complexity index is 483. The average molecular weight is 264 g/mol. The SMILES string of the molecule is C#CCNC(=O)COc1cc(F)ccc1C(C)NC. The number of hydrogen-bond donors (Lipinski definition) is 2. The molecule has 1 aromatic rings. The van der Waals surface area contributed by atoms with Crippen LogP contribution < -0.4 is 15.4 Å². The molecule has 0 aliphatic rings. The molecule has 0 aliphatic heterocycles. The molecule has 0 aliphatic carbocycles. The minimum Gasteiger partial charge on any atom is -0.483 e. The van der Waals surface area contributed by atoms with Crippen molar-refractivity contribution in [3.63, 3.8) is 0 Å². The average Bonchev–Trinajstić information content (AvgIpc) is 2.42. The summed E-state index contributed by atoms with van der Waals surface area (Å²) in [7, 11) is 1.79. The number of terminal acetylenes is 1. The molecule has 0 radical (unpaired) electrons. The van der Waals surface area contributed by atoms with Crippen molar-refractivity contribution in [2.45, 2.75) is 13.0 Å². The quantitative estimate of drug-likeness (QED) is 0.760. The van der Waals surface area contributed by atoms with Crippen LogP contribution in [0, 0.1) is 18.2 Å². The second kappa shape index (κ2) is 7.39. The van der Waals surface area contributed by atoms with Gasteiger partial charge in [-0.15, -0.1) is 6.42 Å². The van der Waals surface area contributed by atoms with E-state index in [-0.39, 0.29) is 25.1 Å². The lowest BCUT2D eigenvalue weighted by molar-refractivity contribution is -0.122. The lowest BCUT2D eigenvalue weighted by atomic mass is 10.1. The van der Waals surface area contributed by atoms with Gasteiger partial charge in [-0.1, -0.05) is 12.0 Å². The van der Waals surface area contributed by atoms with E-state index in [4.69, 9.17) is 11.2 Å². The van der Waals surface area contributed by atoms with Crippen LogP contribution in [0.4, 0.5) is 4.39 Å². The number of halogens is 1. The van der Waals surface area contributed by atoms with E-state index in [9.17, 15) is 9.18 Å². The van der Waals surface area contributed by atoms with Gasteiger partial charge in [0.15, 0.2) is 6.61 Å². The number of carbonyl (C=O) groups is 1. The smallest absolute Gasteiger partial charge is 0.258 e. The highest BCUT2D eigenvalue weighted by Crippen LogP contribution is 2.25. The van der Waals surface area contributed by atoms with E-state index >= 15 is 0 Å². The van der Waals surface area contributed by atoms with Crippen LogP contribution in [0.3, 0.4) is 0 Å². The molecule has 1 unspecified atom stereocenters. The van der Waals surface area contributed by atoms with Gasteiger partial charge in [0.25, 0.3) is 5.91 Å². The zero-order valence-corrected chi connectivity index (χ0v) is 11.0. The van der Waals surface area contributed by atoms with E-state index in [0.29, 0.717) is 5.75 Å². The van der Waals surface area contributed by atoms with Crippen LogP contribution in [-0.4, -0.2) is 26.1 Å². The lowest BCUT2D eigenvalue weighted by Crippen LogP contribution is -2.29. The van der Waals surface area contributed by atoms with Gasteiger partial charge in [0, 0.05) is 17.7 Å². The molecule has 0 saturated heterocycles. The molecule has 0 bridgehead atoms. The molecule has 0 spiro atoms. The zero-order valence-electron chi connectivity index (χ0n) is 11.0. The first-order valence-corrected chi connectivity index (χ1v) is 5.88. The highest BCUT2D eigenvalue weighted by Gasteiger charge is 2.12. The van der Waals surface area contributed by atoms with Gasteiger partial charge in [-0.2, -0.15) is 0 Å². The van der Waals surface area contributed by atoms with Crippen molar-refractivity contribution in [1.82, 2.24) is 10.6 Å². The van der Waals surface area contributed by atoms with Crippen molar-refractivity contribution in [2.24, 2.45) is 0 Å². The number of rotatable bonds is 6. The summed E-state index contributed by atoms with van der Waals surface area (Å²) < 4.78 is 18.6. The highest BCUT2D eigenvalue weighted by molar-refractivity contribution is 5.77. The molecular formula is C14H17FN2O2.